The molecular weight excluding hydrogens is 275 g/mol. The molecule has 104 valence electrons. The summed E-state index contributed by atoms with van der Waals surface area (Å²) in [4.78, 5) is 13.9. The molecule has 1 aromatic carbocycles. The monoisotopic (exact) mass is 288 g/mol. The van der Waals surface area contributed by atoms with Gasteiger partial charge in [0.25, 0.3) is 5.91 Å². The molecule has 0 aromatic heterocycles. The number of morpholine rings is 1. The van der Waals surface area contributed by atoms with Crippen molar-refractivity contribution in [2.45, 2.75) is 0 Å². The summed E-state index contributed by atoms with van der Waals surface area (Å²) < 4.78 is 22.3. The quantitative estimate of drug-likeness (QED) is 0.860. The maximum atomic E-state index is 12.4. The van der Waals surface area contributed by atoms with Gasteiger partial charge in [0.15, 0.2) is 0 Å². The first-order chi connectivity index (χ1) is 9.13. The largest absolute Gasteiger partial charge is 0.462 e. The Morgan fingerprint density at radius 2 is 2.16 bits per heavy atom. The normalized spacial score (nSPS) is 15.4. The number of alkyl halides is 1. The van der Waals surface area contributed by atoms with Crippen molar-refractivity contribution in [2.75, 3.05) is 38.9 Å². The Kier molecular flexibility index (Phi) is 4.44. The molecule has 19 heavy (non-hydrogen) atoms. The highest BCUT2D eigenvalue weighted by atomic mass is 35.5. The highest BCUT2D eigenvalue weighted by Gasteiger charge is 2.23. The van der Waals surface area contributed by atoms with Gasteiger partial charge in [0.05, 0.1) is 29.5 Å². The number of benzene rings is 1. The zero-order valence-corrected chi connectivity index (χ0v) is 11.0. The average Bonchev–Trinajstić information content (AvgIpc) is 2.43. The third-order valence-corrected chi connectivity index (χ3v) is 3.16. The molecule has 0 bridgehead atoms. The van der Waals surface area contributed by atoms with Gasteiger partial charge in [-0.15, -0.1) is 0 Å². The molecule has 0 unspecified atom stereocenters. The van der Waals surface area contributed by atoms with Crippen molar-refractivity contribution in [3.05, 3.63) is 22.7 Å². The second-order valence-electron chi connectivity index (χ2n) is 4.03. The van der Waals surface area contributed by atoms with Gasteiger partial charge in [-0.05, 0) is 6.07 Å². The zero-order valence-electron chi connectivity index (χ0n) is 10.2. The molecule has 0 radical (unpaired) electrons. The molecule has 1 heterocycles. The topological polar surface area (TPSA) is 64.8 Å². The Hall–Kier alpha value is -1.53. The number of anilines is 1. The van der Waals surface area contributed by atoms with Crippen LogP contribution in [0.4, 0.5) is 10.1 Å². The summed E-state index contributed by atoms with van der Waals surface area (Å²) in [6, 6.07) is 2.76. The van der Waals surface area contributed by atoms with Crippen molar-refractivity contribution >= 4 is 23.2 Å². The van der Waals surface area contributed by atoms with Crippen molar-refractivity contribution in [1.82, 2.24) is 4.90 Å². The first-order valence-electron chi connectivity index (χ1n) is 5.78. The Balaban J connectivity index is 2.30. The number of hydrogen-bond acceptors (Lipinski definition) is 4. The number of carbonyl (C=O) groups excluding carboxylic acids is 1. The van der Waals surface area contributed by atoms with Crippen LogP contribution in [-0.4, -0.2) is 44.0 Å². The lowest BCUT2D eigenvalue weighted by Crippen LogP contribution is -2.40. The standard InChI is InChI=1S/C12H14ClFN2O3/c13-9-5-8(11(19-7-14)6-10(9)15)12(17)16-1-3-18-4-2-16/h5-6H,1-4,7,15H2. The second kappa shape index (κ2) is 6.08. The molecule has 1 saturated heterocycles. The van der Waals surface area contributed by atoms with E-state index in [1.165, 1.54) is 12.1 Å². The number of ether oxygens (including phenoxy) is 2. The van der Waals surface area contributed by atoms with Gasteiger partial charge in [0, 0.05) is 19.2 Å². The van der Waals surface area contributed by atoms with Gasteiger partial charge in [-0.3, -0.25) is 4.79 Å². The highest BCUT2D eigenvalue weighted by Crippen LogP contribution is 2.30. The smallest absolute Gasteiger partial charge is 0.257 e. The van der Waals surface area contributed by atoms with Gasteiger partial charge in [0.1, 0.15) is 5.75 Å². The third kappa shape index (κ3) is 3.08. The molecule has 1 aliphatic rings. The molecule has 1 aromatic rings. The Morgan fingerprint density at radius 1 is 1.47 bits per heavy atom. The molecule has 2 rings (SSSR count). The number of nitrogens with two attached hydrogens (primary N) is 1. The molecule has 5 nitrogen and oxygen atoms in total. The number of amides is 1. The van der Waals surface area contributed by atoms with Crippen LogP contribution in [-0.2, 0) is 4.74 Å². The summed E-state index contributed by atoms with van der Waals surface area (Å²) in [7, 11) is 0. The molecule has 0 spiro atoms. The van der Waals surface area contributed by atoms with Gasteiger partial charge < -0.3 is 20.1 Å². The predicted molar refractivity (Wildman–Crippen MR) is 69.2 cm³/mol. The van der Waals surface area contributed by atoms with E-state index in [0.29, 0.717) is 26.3 Å². The minimum atomic E-state index is -1.04. The molecule has 1 fully saturated rings. The van der Waals surface area contributed by atoms with Gasteiger partial charge >= 0.3 is 0 Å². The van der Waals surface area contributed by atoms with Crippen LogP contribution in [0.25, 0.3) is 0 Å². The molecule has 0 atom stereocenters. The van der Waals surface area contributed by atoms with E-state index in [9.17, 15) is 9.18 Å². The van der Waals surface area contributed by atoms with E-state index >= 15 is 0 Å². The van der Waals surface area contributed by atoms with Gasteiger partial charge in [-0.1, -0.05) is 11.6 Å². The fraction of sp³-hybridized carbons (Fsp3) is 0.417. The maximum Gasteiger partial charge on any atom is 0.257 e. The van der Waals surface area contributed by atoms with Crippen LogP contribution in [0.1, 0.15) is 10.4 Å². The van der Waals surface area contributed by atoms with Crippen molar-refractivity contribution < 1.29 is 18.7 Å². The van der Waals surface area contributed by atoms with Crippen LogP contribution in [0.15, 0.2) is 12.1 Å². The van der Waals surface area contributed by atoms with Crippen LogP contribution in [0.5, 0.6) is 5.75 Å². The average molecular weight is 289 g/mol. The minimum absolute atomic E-state index is 0.0980. The number of nitrogens with zero attached hydrogens (tertiary/aromatic N) is 1. The van der Waals surface area contributed by atoms with E-state index in [0.717, 1.165) is 0 Å². The van der Waals surface area contributed by atoms with Crippen LogP contribution in [0, 0.1) is 0 Å². The van der Waals surface area contributed by atoms with E-state index in [1.54, 1.807) is 4.90 Å². The predicted octanol–water partition coefficient (Wildman–Crippen LogP) is 1.70. The fourth-order valence-corrected chi connectivity index (χ4v) is 2.01. The van der Waals surface area contributed by atoms with E-state index in [1.807, 2.05) is 0 Å². The number of carbonyl (C=O) groups is 1. The lowest BCUT2D eigenvalue weighted by Gasteiger charge is -2.27. The first-order valence-corrected chi connectivity index (χ1v) is 6.16. The van der Waals surface area contributed by atoms with E-state index in [4.69, 9.17) is 26.8 Å². The van der Waals surface area contributed by atoms with Crippen LogP contribution in [0.3, 0.4) is 0 Å². The summed E-state index contributed by atoms with van der Waals surface area (Å²) in [5.41, 5.74) is 6.07. The van der Waals surface area contributed by atoms with Crippen LogP contribution >= 0.6 is 11.6 Å². The summed E-state index contributed by atoms with van der Waals surface area (Å²) in [6.07, 6.45) is 0. The SMILES string of the molecule is Nc1cc(OCF)c(C(=O)N2CCOCC2)cc1Cl. The van der Waals surface area contributed by atoms with Crippen molar-refractivity contribution in [2.24, 2.45) is 0 Å². The summed E-state index contributed by atoms with van der Waals surface area (Å²) >= 11 is 5.90. The van der Waals surface area contributed by atoms with E-state index in [2.05, 4.69) is 0 Å². The number of hydrogen-bond donors (Lipinski definition) is 1. The Bertz CT molecular complexity index is 478. The van der Waals surface area contributed by atoms with Crippen molar-refractivity contribution in [3.8, 4) is 5.75 Å². The first kappa shape index (κ1) is 13.9. The van der Waals surface area contributed by atoms with E-state index < -0.39 is 6.86 Å². The number of nitrogen functional groups attached to an aromatic ring is 1. The van der Waals surface area contributed by atoms with Gasteiger partial charge in [-0.25, -0.2) is 4.39 Å². The zero-order chi connectivity index (χ0) is 13.8. The van der Waals surface area contributed by atoms with Crippen molar-refractivity contribution in [1.29, 1.82) is 0 Å². The summed E-state index contributed by atoms with van der Waals surface area (Å²) in [6.45, 7) is 0.887. The molecule has 7 heteroatoms. The van der Waals surface area contributed by atoms with Crippen molar-refractivity contribution in [3.63, 3.8) is 0 Å². The summed E-state index contributed by atoms with van der Waals surface area (Å²) in [5.74, 6) is -0.172. The van der Waals surface area contributed by atoms with Crippen LogP contribution in [0.2, 0.25) is 5.02 Å². The molecule has 0 saturated carbocycles. The second-order valence-corrected chi connectivity index (χ2v) is 4.44. The Morgan fingerprint density at radius 3 is 2.79 bits per heavy atom. The van der Waals surface area contributed by atoms with Crippen LogP contribution < -0.4 is 10.5 Å². The number of rotatable bonds is 3. The number of halogens is 2. The lowest BCUT2D eigenvalue weighted by atomic mass is 10.1. The summed E-state index contributed by atoms with van der Waals surface area (Å²) in [5, 5.41) is 0.239. The minimum Gasteiger partial charge on any atom is -0.462 e. The van der Waals surface area contributed by atoms with E-state index in [-0.39, 0.29) is 27.9 Å². The Labute approximate surface area is 115 Å². The third-order valence-electron chi connectivity index (χ3n) is 2.84. The highest BCUT2D eigenvalue weighted by molar-refractivity contribution is 6.33. The molecule has 1 aliphatic heterocycles. The van der Waals surface area contributed by atoms with Gasteiger partial charge in [-0.2, -0.15) is 0 Å². The fourth-order valence-electron chi connectivity index (χ4n) is 1.85. The lowest BCUT2D eigenvalue weighted by molar-refractivity contribution is 0.0299. The maximum absolute atomic E-state index is 12.4. The molecule has 1 amide bonds. The van der Waals surface area contributed by atoms with Gasteiger partial charge in [0.2, 0.25) is 6.86 Å². The molecule has 0 aliphatic carbocycles. The molecule has 2 N–H and O–H groups in total. The molecular formula is C12H14ClFN2O3.